The molecule has 1 aromatic carbocycles. The Kier molecular flexibility index (Phi) is 3.49. The summed E-state index contributed by atoms with van der Waals surface area (Å²) in [6, 6.07) is 5.65. The summed E-state index contributed by atoms with van der Waals surface area (Å²) in [5, 5.41) is 0.909. The van der Waals surface area contributed by atoms with Crippen LogP contribution in [0.15, 0.2) is 24.5 Å². The molecule has 0 unspecified atom stereocenters. The number of rotatable bonds is 2. The Labute approximate surface area is 113 Å². The fraction of sp³-hybridized carbons (Fsp3) is 0.467. The number of nitrogen functional groups attached to an aromatic ring is 1. The maximum absolute atomic E-state index is 6.10. The maximum Gasteiger partial charge on any atom is 0.224 e. The number of aromatic nitrogens is 2. The van der Waals surface area contributed by atoms with Gasteiger partial charge in [-0.05, 0) is 43.9 Å². The van der Waals surface area contributed by atoms with E-state index in [0.717, 1.165) is 23.7 Å². The van der Waals surface area contributed by atoms with Crippen molar-refractivity contribution in [3.05, 3.63) is 24.5 Å². The van der Waals surface area contributed by atoms with Gasteiger partial charge in [0, 0.05) is 5.69 Å². The molecule has 100 valence electrons. The molecule has 1 aliphatic rings. The van der Waals surface area contributed by atoms with Crippen LogP contribution in [0.3, 0.4) is 0 Å². The van der Waals surface area contributed by atoms with E-state index in [2.05, 4.69) is 9.97 Å². The Morgan fingerprint density at radius 2 is 1.84 bits per heavy atom. The van der Waals surface area contributed by atoms with E-state index in [4.69, 9.17) is 10.5 Å². The molecule has 0 amide bonds. The Balaban J connectivity index is 1.89. The van der Waals surface area contributed by atoms with Crippen molar-refractivity contribution in [2.24, 2.45) is 0 Å². The highest BCUT2D eigenvalue weighted by atomic mass is 16.5. The minimum Gasteiger partial charge on any atom is -0.474 e. The lowest BCUT2D eigenvalue weighted by Gasteiger charge is -2.17. The van der Waals surface area contributed by atoms with E-state index in [-0.39, 0.29) is 6.10 Å². The summed E-state index contributed by atoms with van der Waals surface area (Å²) in [7, 11) is 0. The van der Waals surface area contributed by atoms with E-state index in [1.165, 1.54) is 25.7 Å². The molecule has 0 saturated heterocycles. The molecule has 1 aliphatic carbocycles. The van der Waals surface area contributed by atoms with Gasteiger partial charge in [0.25, 0.3) is 0 Å². The third-order valence-corrected chi connectivity index (χ3v) is 3.70. The topological polar surface area (TPSA) is 61.0 Å². The van der Waals surface area contributed by atoms with Crippen LogP contribution in [0.1, 0.15) is 38.5 Å². The zero-order valence-corrected chi connectivity index (χ0v) is 11.0. The van der Waals surface area contributed by atoms with Crippen LogP contribution in [0.5, 0.6) is 5.88 Å². The molecule has 3 rings (SSSR count). The third kappa shape index (κ3) is 2.78. The van der Waals surface area contributed by atoms with E-state index in [1.807, 2.05) is 18.2 Å². The van der Waals surface area contributed by atoms with Gasteiger partial charge in [0.05, 0.1) is 10.9 Å². The first kappa shape index (κ1) is 12.2. The molecule has 0 bridgehead atoms. The van der Waals surface area contributed by atoms with Crippen molar-refractivity contribution in [2.75, 3.05) is 5.73 Å². The molecule has 0 spiro atoms. The molecule has 0 atom stereocenters. The summed E-state index contributed by atoms with van der Waals surface area (Å²) in [6.07, 6.45) is 9.20. The average molecular weight is 257 g/mol. The molecule has 4 heteroatoms. The summed E-state index contributed by atoms with van der Waals surface area (Å²) < 4.78 is 6.10. The van der Waals surface area contributed by atoms with Crippen LogP contribution in [0, 0.1) is 0 Å². The number of ether oxygens (including phenoxy) is 1. The Bertz CT molecular complexity index is 562. The molecule has 1 aromatic heterocycles. The maximum atomic E-state index is 6.10. The molecular weight excluding hydrogens is 238 g/mol. The van der Waals surface area contributed by atoms with Gasteiger partial charge in [0.2, 0.25) is 5.88 Å². The molecule has 2 aromatic rings. The van der Waals surface area contributed by atoms with Crippen LogP contribution in [0.2, 0.25) is 0 Å². The minimum absolute atomic E-state index is 0.280. The van der Waals surface area contributed by atoms with Gasteiger partial charge in [-0.15, -0.1) is 0 Å². The van der Waals surface area contributed by atoms with Crippen LogP contribution in [0.4, 0.5) is 5.69 Å². The van der Waals surface area contributed by atoms with Crippen molar-refractivity contribution in [1.29, 1.82) is 0 Å². The van der Waals surface area contributed by atoms with E-state index in [0.29, 0.717) is 11.6 Å². The smallest absolute Gasteiger partial charge is 0.224 e. The van der Waals surface area contributed by atoms with Crippen molar-refractivity contribution < 1.29 is 4.74 Å². The van der Waals surface area contributed by atoms with Crippen LogP contribution >= 0.6 is 0 Å². The second-order valence-corrected chi connectivity index (χ2v) is 5.19. The predicted molar refractivity (Wildman–Crippen MR) is 76.1 cm³/mol. The van der Waals surface area contributed by atoms with Crippen molar-refractivity contribution >= 4 is 16.6 Å². The molecule has 1 saturated carbocycles. The van der Waals surface area contributed by atoms with Gasteiger partial charge in [-0.3, -0.25) is 0 Å². The first-order chi connectivity index (χ1) is 9.33. The van der Waals surface area contributed by atoms with Crippen molar-refractivity contribution in [1.82, 2.24) is 9.97 Å². The molecule has 2 N–H and O–H groups in total. The van der Waals surface area contributed by atoms with Gasteiger partial charge in [0.1, 0.15) is 12.4 Å². The SMILES string of the molecule is Nc1ccc2ncnc(OC3CCCCCC3)c2c1. The first-order valence-electron chi connectivity index (χ1n) is 7.00. The summed E-state index contributed by atoms with van der Waals surface area (Å²) in [4.78, 5) is 8.53. The second kappa shape index (κ2) is 5.43. The monoisotopic (exact) mass is 257 g/mol. The Morgan fingerprint density at radius 3 is 2.63 bits per heavy atom. The summed E-state index contributed by atoms with van der Waals surface area (Å²) in [5.74, 6) is 0.671. The van der Waals surface area contributed by atoms with Crippen LogP contribution < -0.4 is 10.5 Å². The molecule has 4 nitrogen and oxygen atoms in total. The zero-order chi connectivity index (χ0) is 13.1. The number of fused-ring (bicyclic) bond motifs is 1. The third-order valence-electron chi connectivity index (χ3n) is 3.70. The fourth-order valence-corrected chi connectivity index (χ4v) is 2.66. The highest BCUT2D eigenvalue weighted by Gasteiger charge is 2.16. The highest BCUT2D eigenvalue weighted by Crippen LogP contribution is 2.27. The van der Waals surface area contributed by atoms with Crippen LogP contribution in [-0.2, 0) is 0 Å². The van der Waals surface area contributed by atoms with E-state index >= 15 is 0 Å². The summed E-state index contributed by atoms with van der Waals surface area (Å²) in [5.41, 5.74) is 7.44. The number of hydrogen-bond acceptors (Lipinski definition) is 4. The standard InChI is InChI=1S/C15H19N3O/c16-11-7-8-14-13(9-11)15(18-10-17-14)19-12-5-3-1-2-4-6-12/h7-10,12H,1-6,16H2. The second-order valence-electron chi connectivity index (χ2n) is 5.19. The predicted octanol–water partition coefficient (Wildman–Crippen LogP) is 3.31. The van der Waals surface area contributed by atoms with Gasteiger partial charge in [-0.2, -0.15) is 0 Å². The zero-order valence-electron chi connectivity index (χ0n) is 11.0. The number of hydrogen-bond donors (Lipinski definition) is 1. The Morgan fingerprint density at radius 1 is 1.05 bits per heavy atom. The van der Waals surface area contributed by atoms with Crippen LogP contribution in [0.25, 0.3) is 10.9 Å². The van der Waals surface area contributed by atoms with Gasteiger partial charge >= 0.3 is 0 Å². The van der Waals surface area contributed by atoms with Gasteiger partial charge in [-0.1, -0.05) is 12.8 Å². The van der Waals surface area contributed by atoms with Crippen molar-refractivity contribution in [2.45, 2.75) is 44.6 Å². The fourth-order valence-electron chi connectivity index (χ4n) is 2.66. The molecule has 1 heterocycles. The molecule has 19 heavy (non-hydrogen) atoms. The van der Waals surface area contributed by atoms with Crippen LogP contribution in [-0.4, -0.2) is 16.1 Å². The molecular formula is C15H19N3O. The minimum atomic E-state index is 0.280. The van der Waals surface area contributed by atoms with E-state index < -0.39 is 0 Å². The molecule has 0 radical (unpaired) electrons. The molecule has 1 fully saturated rings. The average Bonchev–Trinajstić information content (AvgIpc) is 2.68. The van der Waals surface area contributed by atoms with E-state index in [1.54, 1.807) is 6.33 Å². The van der Waals surface area contributed by atoms with E-state index in [9.17, 15) is 0 Å². The Hall–Kier alpha value is -1.84. The normalized spacial score (nSPS) is 17.3. The van der Waals surface area contributed by atoms with Gasteiger partial charge < -0.3 is 10.5 Å². The number of nitrogens with two attached hydrogens (primary N) is 1. The summed E-state index contributed by atoms with van der Waals surface area (Å²) >= 11 is 0. The van der Waals surface area contributed by atoms with Crippen molar-refractivity contribution in [3.8, 4) is 5.88 Å². The van der Waals surface area contributed by atoms with Crippen molar-refractivity contribution in [3.63, 3.8) is 0 Å². The number of nitrogens with zero attached hydrogens (tertiary/aromatic N) is 2. The summed E-state index contributed by atoms with van der Waals surface area (Å²) in [6.45, 7) is 0. The number of anilines is 1. The quantitative estimate of drug-likeness (QED) is 0.662. The lowest BCUT2D eigenvalue weighted by atomic mass is 10.1. The highest BCUT2D eigenvalue weighted by molar-refractivity contribution is 5.86. The lowest BCUT2D eigenvalue weighted by Crippen LogP contribution is -2.16. The first-order valence-corrected chi connectivity index (χ1v) is 7.00. The van der Waals surface area contributed by atoms with Gasteiger partial charge in [-0.25, -0.2) is 9.97 Å². The lowest BCUT2D eigenvalue weighted by molar-refractivity contribution is 0.178. The largest absolute Gasteiger partial charge is 0.474 e. The van der Waals surface area contributed by atoms with Gasteiger partial charge in [0.15, 0.2) is 0 Å². The molecule has 0 aliphatic heterocycles. The number of benzene rings is 1.